The number of carbonyl (C=O) groups is 2. The number of hydrogen-bond donors (Lipinski definition) is 2. The second kappa shape index (κ2) is 6.43. The zero-order valence-electron chi connectivity index (χ0n) is 11.7. The lowest BCUT2D eigenvalue weighted by molar-refractivity contribution is -0.163. The molecule has 106 valence electrons. The minimum atomic E-state index is -0.544. The van der Waals surface area contributed by atoms with Gasteiger partial charge in [-0.25, -0.2) is 10.2 Å². The summed E-state index contributed by atoms with van der Waals surface area (Å²) >= 11 is 0. The van der Waals surface area contributed by atoms with Crippen molar-refractivity contribution < 1.29 is 14.3 Å². The number of hydrazine groups is 1. The largest absolute Gasteiger partial charge is 0.458 e. The smallest absolute Gasteiger partial charge is 0.329 e. The summed E-state index contributed by atoms with van der Waals surface area (Å²) in [5.41, 5.74) is 4.45. The Kier molecular flexibility index (Phi) is 5.19. The van der Waals surface area contributed by atoms with Crippen LogP contribution in [-0.4, -0.2) is 41.5 Å². The molecule has 1 saturated heterocycles. The van der Waals surface area contributed by atoms with Crippen LogP contribution in [0.3, 0.4) is 0 Å². The maximum absolute atomic E-state index is 12.0. The molecule has 1 atom stereocenters. The molecule has 6 nitrogen and oxygen atoms in total. The van der Waals surface area contributed by atoms with E-state index in [1.165, 1.54) is 0 Å². The fraction of sp³-hybridized carbons (Fsp3) is 0.692. The molecule has 2 N–H and O–H groups in total. The van der Waals surface area contributed by atoms with Gasteiger partial charge < -0.3 is 9.64 Å². The molecular weight excluding hydrogens is 246 g/mol. The van der Waals surface area contributed by atoms with Crippen molar-refractivity contribution in [2.45, 2.75) is 45.3 Å². The third kappa shape index (κ3) is 4.79. The fourth-order valence-electron chi connectivity index (χ4n) is 1.95. The van der Waals surface area contributed by atoms with E-state index in [1.807, 2.05) is 20.8 Å². The molecule has 1 heterocycles. The van der Waals surface area contributed by atoms with Crippen molar-refractivity contribution in [3.05, 3.63) is 0 Å². The van der Waals surface area contributed by atoms with E-state index in [0.717, 1.165) is 6.42 Å². The number of nitrogens with zero attached hydrogens (tertiary/aromatic N) is 1. The predicted octanol–water partition coefficient (Wildman–Crippen LogP) is 0.00400. The van der Waals surface area contributed by atoms with Crippen LogP contribution in [0.4, 0.5) is 0 Å². The van der Waals surface area contributed by atoms with E-state index in [2.05, 4.69) is 16.9 Å². The number of rotatable bonds is 4. The first-order chi connectivity index (χ1) is 8.85. The molecule has 1 aliphatic rings. The molecule has 1 rings (SSSR count). The Morgan fingerprint density at radius 3 is 2.74 bits per heavy atom. The van der Waals surface area contributed by atoms with E-state index in [4.69, 9.17) is 11.2 Å². The highest BCUT2D eigenvalue weighted by Crippen LogP contribution is 2.21. The van der Waals surface area contributed by atoms with Crippen LogP contribution in [0.2, 0.25) is 0 Å². The van der Waals surface area contributed by atoms with Crippen LogP contribution in [0, 0.1) is 12.5 Å². The molecule has 0 aromatic rings. The van der Waals surface area contributed by atoms with Crippen molar-refractivity contribution >= 4 is 11.9 Å². The summed E-state index contributed by atoms with van der Waals surface area (Å²) in [6.07, 6.45) is 6.44. The van der Waals surface area contributed by atoms with Crippen molar-refractivity contribution in [3.63, 3.8) is 0 Å². The highest BCUT2D eigenvalue weighted by Gasteiger charge is 2.36. The zero-order chi connectivity index (χ0) is 14.5. The van der Waals surface area contributed by atoms with Crippen LogP contribution in [0.25, 0.3) is 0 Å². The number of amides is 1. The molecule has 1 amide bonds. The van der Waals surface area contributed by atoms with E-state index >= 15 is 0 Å². The lowest BCUT2D eigenvalue weighted by Crippen LogP contribution is -2.47. The molecule has 1 aliphatic heterocycles. The van der Waals surface area contributed by atoms with Gasteiger partial charge in [0.15, 0.2) is 0 Å². The van der Waals surface area contributed by atoms with Crippen molar-refractivity contribution in [3.8, 4) is 12.5 Å². The van der Waals surface area contributed by atoms with E-state index < -0.39 is 11.6 Å². The molecule has 0 unspecified atom stereocenters. The van der Waals surface area contributed by atoms with Gasteiger partial charge in [0.25, 0.3) is 0 Å². The molecule has 0 aromatic heterocycles. The number of hydrogen-bond acceptors (Lipinski definition) is 5. The number of nitrogens with one attached hydrogen (secondary N) is 2. The maximum Gasteiger partial charge on any atom is 0.329 e. The van der Waals surface area contributed by atoms with Gasteiger partial charge in [-0.15, -0.1) is 0 Å². The minimum Gasteiger partial charge on any atom is -0.458 e. The van der Waals surface area contributed by atoms with Gasteiger partial charge in [-0.05, 0) is 33.6 Å². The van der Waals surface area contributed by atoms with E-state index in [1.54, 1.807) is 4.90 Å². The molecule has 0 aromatic carbocycles. The number of esters is 1. The average molecular weight is 267 g/mol. The van der Waals surface area contributed by atoms with Gasteiger partial charge in [-0.3, -0.25) is 10.2 Å². The second-order valence-electron chi connectivity index (χ2n) is 5.40. The van der Waals surface area contributed by atoms with Crippen LogP contribution in [0.15, 0.2) is 0 Å². The average Bonchev–Trinajstić information content (AvgIpc) is 2.75. The Labute approximate surface area is 113 Å². The second-order valence-corrected chi connectivity index (χ2v) is 5.40. The number of terminal acetylenes is 1. The molecule has 19 heavy (non-hydrogen) atoms. The summed E-state index contributed by atoms with van der Waals surface area (Å²) in [5, 5.41) is 0. The molecule has 0 bridgehead atoms. The Morgan fingerprint density at radius 1 is 1.47 bits per heavy atom. The van der Waals surface area contributed by atoms with Crippen molar-refractivity contribution in [2.24, 2.45) is 0 Å². The lowest BCUT2D eigenvalue weighted by atomic mass is 10.1. The molecule has 0 saturated carbocycles. The van der Waals surface area contributed by atoms with Gasteiger partial charge >= 0.3 is 5.97 Å². The Hall–Kier alpha value is -1.74. The molecule has 0 aliphatic carbocycles. The van der Waals surface area contributed by atoms with Crippen LogP contribution >= 0.6 is 0 Å². The van der Waals surface area contributed by atoms with Gasteiger partial charge in [0.1, 0.15) is 11.6 Å². The predicted molar refractivity (Wildman–Crippen MR) is 70.6 cm³/mol. The first kappa shape index (κ1) is 15.3. The number of ether oxygens (including phenoxy) is 1. The van der Waals surface area contributed by atoms with E-state index in [0.29, 0.717) is 13.0 Å². The number of likely N-dealkylation sites (tertiary alicyclic amines) is 1. The normalized spacial score (nSPS) is 18.8. The quantitative estimate of drug-likeness (QED) is 0.247. The molecule has 6 heteroatoms. The minimum absolute atomic E-state index is 0.0451. The van der Waals surface area contributed by atoms with Gasteiger partial charge in [0, 0.05) is 12.6 Å². The summed E-state index contributed by atoms with van der Waals surface area (Å²) in [6.45, 7) is 6.04. The highest BCUT2D eigenvalue weighted by atomic mass is 16.6. The van der Waals surface area contributed by atoms with Crippen molar-refractivity contribution in [2.75, 3.05) is 13.1 Å². The van der Waals surface area contributed by atoms with E-state index in [9.17, 15) is 9.59 Å². The lowest BCUT2D eigenvalue weighted by Gasteiger charge is -2.27. The molecule has 0 spiro atoms. The highest BCUT2D eigenvalue weighted by molar-refractivity contribution is 5.86. The van der Waals surface area contributed by atoms with Gasteiger partial charge in [-0.1, -0.05) is 6.42 Å². The summed E-state index contributed by atoms with van der Waals surface area (Å²) in [5.74, 6) is -0.514. The topological polar surface area (TPSA) is 70.7 Å². The Balaban J connectivity index is 2.56. The van der Waals surface area contributed by atoms with Gasteiger partial charge in [-0.2, -0.15) is 0 Å². The van der Waals surface area contributed by atoms with Crippen LogP contribution < -0.4 is 10.9 Å². The monoisotopic (exact) mass is 267 g/mol. The third-order valence-corrected chi connectivity index (χ3v) is 2.65. The summed E-state index contributed by atoms with van der Waals surface area (Å²) in [6, 6.07) is 1.67. The van der Waals surface area contributed by atoms with Crippen LogP contribution in [-0.2, 0) is 14.3 Å². The summed E-state index contributed by atoms with van der Waals surface area (Å²) < 4.78 is 5.33. The van der Waals surface area contributed by atoms with E-state index in [-0.39, 0.29) is 18.4 Å². The SMILES string of the molecule is C#CNNCC(=O)N1CCC[C@H]1C(=O)OC(C)(C)C. The van der Waals surface area contributed by atoms with Gasteiger partial charge in [0.2, 0.25) is 5.91 Å². The van der Waals surface area contributed by atoms with Crippen molar-refractivity contribution in [1.29, 1.82) is 0 Å². The first-order valence-corrected chi connectivity index (χ1v) is 6.31. The third-order valence-electron chi connectivity index (χ3n) is 2.65. The van der Waals surface area contributed by atoms with Crippen LogP contribution in [0.5, 0.6) is 0 Å². The molecule has 0 radical (unpaired) electrons. The summed E-state index contributed by atoms with van der Waals surface area (Å²) in [4.78, 5) is 25.5. The van der Waals surface area contributed by atoms with Crippen LogP contribution in [0.1, 0.15) is 33.6 Å². The van der Waals surface area contributed by atoms with Gasteiger partial charge in [0.05, 0.1) is 6.54 Å². The fourth-order valence-corrected chi connectivity index (χ4v) is 1.95. The Bertz CT molecular complexity index is 382. The first-order valence-electron chi connectivity index (χ1n) is 6.31. The molecular formula is C13H21N3O3. The van der Waals surface area contributed by atoms with Crippen molar-refractivity contribution in [1.82, 2.24) is 15.8 Å². The number of carbonyl (C=O) groups excluding carboxylic acids is 2. The zero-order valence-corrected chi connectivity index (χ0v) is 11.7. The summed E-state index contributed by atoms with van der Waals surface area (Å²) in [7, 11) is 0. The molecule has 1 fully saturated rings. The maximum atomic E-state index is 12.0. The standard InChI is InChI=1S/C13H21N3O3/c1-5-14-15-9-11(17)16-8-6-7-10(16)12(18)19-13(2,3)4/h1,10,14-15H,6-9H2,2-4H3/t10-/m0/s1. The Morgan fingerprint density at radius 2 is 2.16 bits per heavy atom.